The molecule has 1 aromatic heterocycles. The smallest absolute Gasteiger partial charge is 0.214 e. The van der Waals surface area contributed by atoms with E-state index in [1.165, 1.54) is 4.31 Å². The first-order valence-corrected chi connectivity index (χ1v) is 7.43. The van der Waals surface area contributed by atoms with Crippen LogP contribution in [0.2, 0.25) is 0 Å². The number of nitrogens with zero attached hydrogens (tertiary/aromatic N) is 3. The van der Waals surface area contributed by atoms with Crippen molar-refractivity contribution in [3.8, 4) is 0 Å². The normalized spacial score (nSPS) is 12.8. The van der Waals surface area contributed by atoms with Gasteiger partial charge in [-0.1, -0.05) is 11.2 Å². The summed E-state index contributed by atoms with van der Waals surface area (Å²) in [7, 11) is -3.35. The molecule has 0 aliphatic heterocycles. The minimum Gasteiger partial charge on any atom is -0.409 e. The minimum atomic E-state index is -3.35. The van der Waals surface area contributed by atoms with Gasteiger partial charge < -0.3 is 10.9 Å². The van der Waals surface area contributed by atoms with Gasteiger partial charge in [0.15, 0.2) is 0 Å². The number of pyridine rings is 1. The molecule has 1 rings (SSSR count). The summed E-state index contributed by atoms with van der Waals surface area (Å²) in [5.41, 5.74) is 6.16. The zero-order valence-electron chi connectivity index (χ0n) is 10.7. The van der Waals surface area contributed by atoms with Crippen molar-refractivity contribution >= 4 is 15.9 Å². The molecule has 0 unspecified atom stereocenters. The predicted octanol–water partition coefficient (Wildman–Crippen LogP) is 0.370. The number of sulfonamides is 1. The lowest BCUT2D eigenvalue weighted by Crippen LogP contribution is -2.34. The standard InChI is InChI=1S/C11H18N4O3S/c1-2-19(17,18)15(7-5-11(12)14-16)9-10-4-3-6-13-8-10/h3-4,6,8,16H,2,5,7,9H2,1H3,(H2,12,14). The van der Waals surface area contributed by atoms with Crippen molar-refractivity contribution < 1.29 is 13.6 Å². The zero-order valence-corrected chi connectivity index (χ0v) is 11.5. The summed E-state index contributed by atoms with van der Waals surface area (Å²) in [4.78, 5) is 3.95. The van der Waals surface area contributed by atoms with Crippen molar-refractivity contribution in [1.82, 2.24) is 9.29 Å². The fourth-order valence-corrected chi connectivity index (χ4v) is 2.56. The van der Waals surface area contributed by atoms with Crippen molar-refractivity contribution in [2.75, 3.05) is 12.3 Å². The minimum absolute atomic E-state index is 0.00231. The number of hydrogen-bond acceptors (Lipinski definition) is 5. The molecule has 7 nitrogen and oxygen atoms in total. The Morgan fingerprint density at radius 3 is 2.84 bits per heavy atom. The van der Waals surface area contributed by atoms with Crippen LogP contribution in [0.3, 0.4) is 0 Å². The Morgan fingerprint density at radius 2 is 2.32 bits per heavy atom. The summed E-state index contributed by atoms with van der Waals surface area (Å²) in [6, 6.07) is 3.55. The molecule has 0 aromatic carbocycles. The zero-order chi connectivity index (χ0) is 14.3. The monoisotopic (exact) mass is 286 g/mol. The highest BCUT2D eigenvalue weighted by Crippen LogP contribution is 2.09. The molecule has 0 saturated heterocycles. The van der Waals surface area contributed by atoms with Crippen molar-refractivity contribution in [1.29, 1.82) is 0 Å². The molecule has 1 aromatic rings. The first-order valence-electron chi connectivity index (χ1n) is 5.82. The second kappa shape index (κ2) is 7.05. The molecule has 0 fully saturated rings. The Bertz CT molecular complexity index is 516. The van der Waals surface area contributed by atoms with Gasteiger partial charge in [-0.05, 0) is 18.6 Å². The molecule has 0 saturated carbocycles. The van der Waals surface area contributed by atoms with E-state index in [0.717, 1.165) is 5.56 Å². The molecule has 8 heteroatoms. The number of rotatable bonds is 7. The average Bonchev–Trinajstić information content (AvgIpc) is 2.43. The second-order valence-electron chi connectivity index (χ2n) is 3.94. The van der Waals surface area contributed by atoms with Crippen LogP contribution in [0.15, 0.2) is 29.7 Å². The summed E-state index contributed by atoms with van der Waals surface area (Å²) in [6.45, 7) is 1.97. The molecular weight excluding hydrogens is 268 g/mol. The largest absolute Gasteiger partial charge is 0.409 e. The fraction of sp³-hybridized carbons (Fsp3) is 0.455. The maximum absolute atomic E-state index is 12.0. The Kier molecular flexibility index (Phi) is 5.71. The van der Waals surface area contributed by atoms with Crippen molar-refractivity contribution in [2.45, 2.75) is 19.9 Å². The van der Waals surface area contributed by atoms with Crippen LogP contribution in [0.1, 0.15) is 18.9 Å². The van der Waals surface area contributed by atoms with Gasteiger partial charge in [0.2, 0.25) is 10.0 Å². The summed E-state index contributed by atoms with van der Waals surface area (Å²) in [6.07, 6.45) is 3.41. The van der Waals surface area contributed by atoms with Crippen LogP contribution in [0.5, 0.6) is 0 Å². The van der Waals surface area contributed by atoms with Crippen LogP contribution in [-0.4, -0.2) is 41.0 Å². The first-order chi connectivity index (χ1) is 8.99. The Morgan fingerprint density at radius 1 is 1.58 bits per heavy atom. The maximum Gasteiger partial charge on any atom is 0.214 e. The Balaban J connectivity index is 2.82. The van der Waals surface area contributed by atoms with Gasteiger partial charge in [0, 0.05) is 31.9 Å². The molecule has 0 atom stereocenters. The van der Waals surface area contributed by atoms with Crippen molar-refractivity contribution in [2.24, 2.45) is 10.9 Å². The molecular formula is C11H18N4O3S. The highest BCUT2D eigenvalue weighted by atomic mass is 32.2. The van der Waals surface area contributed by atoms with Gasteiger partial charge in [-0.3, -0.25) is 4.98 Å². The highest BCUT2D eigenvalue weighted by molar-refractivity contribution is 7.89. The van der Waals surface area contributed by atoms with Crippen LogP contribution in [0, 0.1) is 0 Å². The summed E-state index contributed by atoms with van der Waals surface area (Å²) < 4.78 is 25.2. The van der Waals surface area contributed by atoms with E-state index >= 15 is 0 Å². The van der Waals surface area contributed by atoms with E-state index in [1.54, 1.807) is 31.5 Å². The highest BCUT2D eigenvalue weighted by Gasteiger charge is 2.20. The van der Waals surface area contributed by atoms with Gasteiger partial charge in [0.25, 0.3) is 0 Å². The quantitative estimate of drug-likeness (QED) is 0.326. The fourth-order valence-electron chi connectivity index (χ4n) is 1.48. The lowest BCUT2D eigenvalue weighted by atomic mass is 10.3. The van der Waals surface area contributed by atoms with E-state index in [2.05, 4.69) is 10.1 Å². The Labute approximate surface area is 112 Å². The number of hydrogen-bond donors (Lipinski definition) is 2. The maximum atomic E-state index is 12.0. The number of oxime groups is 1. The average molecular weight is 286 g/mol. The third-order valence-electron chi connectivity index (χ3n) is 2.59. The van der Waals surface area contributed by atoms with Crippen LogP contribution in [-0.2, 0) is 16.6 Å². The van der Waals surface area contributed by atoms with E-state index in [0.29, 0.717) is 0 Å². The number of nitrogens with two attached hydrogens (primary N) is 1. The molecule has 0 radical (unpaired) electrons. The van der Waals surface area contributed by atoms with Crippen LogP contribution < -0.4 is 5.73 Å². The lowest BCUT2D eigenvalue weighted by molar-refractivity contribution is 0.315. The summed E-state index contributed by atoms with van der Waals surface area (Å²) >= 11 is 0. The van der Waals surface area contributed by atoms with Gasteiger partial charge in [0.1, 0.15) is 5.84 Å². The van der Waals surface area contributed by atoms with Crippen molar-refractivity contribution in [3.05, 3.63) is 30.1 Å². The van der Waals surface area contributed by atoms with Crippen LogP contribution >= 0.6 is 0 Å². The molecule has 106 valence electrons. The molecule has 0 amide bonds. The molecule has 0 aliphatic rings. The molecule has 19 heavy (non-hydrogen) atoms. The SMILES string of the molecule is CCS(=O)(=O)N(CC/C(N)=N/O)Cc1cccnc1. The van der Waals surface area contributed by atoms with Gasteiger partial charge in [-0.15, -0.1) is 0 Å². The lowest BCUT2D eigenvalue weighted by Gasteiger charge is -2.21. The van der Waals surface area contributed by atoms with Gasteiger partial charge >= 0.3 is 0 Å². The predicted molar refractivity (Wildman–Crippen MR) is 72.1 cm³/mol. The van der Waals surface area contributed by atoms with Crippen LogP contribution in [0.25, 0.3) is 0 Å². The Hall–Kier alpha value is -1.67. The van der Waals surface area contributed by atoms with E-state index in [4.69, 9.17) is 10.9 Å². The second-order valence-corrected chi connectivity index (χ2v) is 6.19. The van der Waals surface area contributed by atoms with E-state index in [-0.39, 0.29) is 31.1 Å². The molecule has 0 spiro atoms. The number of aromatic nitrogens is 1. The van der Waals surface area contributed by atoms with E-state index < -0.39 is 10.0 Å². The van der Waals surface area contributed by atoms with Crippen molar-refractivity contribution in [3.63, 3.8) is 0 Å². The molecule has 1 heterocycles. The molecule has 0 bridgehead atoms. The summed E-state index contributed by atoms with van der Waals surface area (Å²) in [5, 5.41) is 11.3. The number of amidine groups is 1. The van der Waals surface area contributed by atoms with Gasteiger partial charge in [-0.2, -0.15) is 4.31 Å². The third kappa shape index (κ3) is 4.84. The third-order valence-corrected chi connectivity index (χ3v) is 4.41. The topological polar surface area (TPSA) is 109 Å². The van der Waals surface area contributed by atoms with E-state index in [9.17, 15) is 8.42 Å². The van der Waals surface area contributed by atoms with Crippen LogP contribution in [0.4, 0.5) is 0 Å². The van der Waals surface area contributed by atoms with Gasteiger partial charge in [0.05, 0.1) is 5.75 Å². The molecule has 3 N–H and O–H groups in total. The molecule has 0 aliphatic carbocycles. The van der Waals surface area contributed by atoms with Gasteiger partial charge in [-0.25, -0.2) is 8.42 Å². The summed E-state index contributed by atoms with van der Waals surface area (Å²) in [5.74, 6) is 0.00571. The first kappa shape index (κ1) is 15.4. The van der Waals surface area contributed by atoms with E-state index in [1.807, 2.05) is 0 Å².